The first kappa shape index (κ1) is 21.1. The van der Waals surface area contributed by atoms with Crippen LogP contribution in [0.25, 0.3) is 27.9 Å². The van der Waals surface area contributed by atoms with E-state index in [0.717, 1.165) is 38.5 Å². The number of aliphatic imine (C=N–C) groups is 1. The molecule has 172 valence electrons. The Hall–Kier alpha value is -4.45. The van der Waals surface area contributed by atoms with Crippen molar-refractivity contribution in [3.8, 4) is 0 Å². The van der Waals surface area contributed by atoms with Gasteiger partial charge < -0.3 is 9.55 Å². The van der Waals surface area contributed by atoms with Crippen LogP contribution in [0.15, 0.2) is 95.9 Å². The number of carbonyl (C=O) groups is 1. The molecule has 35 heavy (non-hydrogen) atoms. The number of rotatable bonds is 5. The summed E-state index contributed by atoms with van der Waals surface area (Å²) in [6, 6.07) is 22.6. The summed E-state index contributed by atoms with van der Waals surface area (Å²) in [6.07, 6.45) is 6.40. The van der Waals surface area contributed by atoms with Crippen LogP contribution in [0, 0.1) is 5.82 Å². The Morgan fingerprint density at radius 2 is 1.80 bits per heavy atom. The molecule has 1 N–H and O–H groups in total. The highest BCUT2D eigenvalue weighted by Gasteiger charge is 2.31. The van der Waals surface area contributed by atoms with E-state index in [-0.39, 0.29) is 11.7 Å². The summed E-state index contributed by atoms with van der Waals surface area (Å²) in [5.41, 5.74) is 5.16. The number of amides is 1. The van der Waals surface area contributed by atoms with Crippen molar-refractivity contribution in [3.63, 3.8) is 0 Å². The summed E-state index contributed by atoms with van der Waals surface area (Å²) in [5, 5.41) is 2.04. The van der Waals surface area contributed by atoms with E-state index in [4.69, 9.17) is 4.99 Å². The first-order valence-electron chi connectivity index (χ1n) is 11.6. The first-order valence-corrected chi connectivity index (χ1v) is 11.6. The van der Waals surface area contributed by atoms with E-state index in [0.29, 0.717) is 24.5 Å². The Labute approximate surface area is 201 Å². The lowest BCUT2D eigenvalue weighted by atomic mass is 10.1. The van der Waals surface area contributed by atoms with E-state index in [1.165, 1.54) is 12.1 Å². The minimum absolute atomic E-state index is 0.123. The lowest BCUT2D eigenvalue weighted by Gasteiger charge is -2.18. The molecule has 0 saturated carbocycles. The van der Waals surface area contributed by atoms with E-state index in [1.54, 1.807) is 11.0 Å². The fourth-order valence-corrected chi connectivity index (χ4v) is 4.80. The summed E-state index contributed by atoms with van der Waals surface area (Å²) < 4.78 is 15.6. The van der Waals surface area contributed by atoms with Gasteiger partial charge in [-0.05, 0) is 42.3 Å². The van der Waals surface area contributed by atoms with Crippen molar-refractivity contribution >= 4 is 39.6 Å². The molecule has 6 rings (SSSR count). The van der Waals surface area contributed by atoms with Gasteiger partial charge in [-0.3, -0.25) is 9.69 Å². The second-order valence-corrected chi connectivity index (χ2v) is 8.75. The number of benzene rings is 3. The third-order valence-corrected chi connectivity index (χ3v) is 6.53. The van der Waals surface area contributed by atoms with Crippen molar-refractivity contribution in [1.29, 1.82) is 0 Å². The van der Waals surface area contributed by atoms with Crippen molar-refractivity contribution in [2.75, 3.05) is 6.54 Å². The number of halogens is 1. The summed E-state index contributed by atoms with van der Waals surface area (Å²) in [6.45, 7) is 0.462. The van der Waals surface area contributed by atoms with Gasteiger partial charge in [0, 0.05) is 58.9 Å². The van der Waals surface area contributed by atoms with Gasteiger partial charge in [0.25, 0.3) is 5.91 Å². The number of hydrogen-bond donors (Lipinski definition) is 1. The number of para-hydroxylation sites is 1. The Bertz CT molecular complexity index is 1640. The van der Waals surface area contributed by atoms with Crippen LogP contribution in [-0.4, -0.2) is 32.7 Å². The van der Waals surface area contributed by atoms with Crippen molar-refractivity contribution < 1.29 is 9.18 Å². The molecule has 0 aliphatic carbocycles. The molecule has 3 aromatic carbocycles. The SMILES string of the molecule is Cn1cc(/C=C2\N=C(c3ccccc3)N(CCc3c[nH]c4cc(F)ccc34)C2=O)c2ccccc21. The molecule has 2 aromatic heterocycles. The quantitative estimate of drug-likeness (QED) is 0.336. The van der Waals surface area contributed by atoms with Gasteiger partial charge in [0.15, 0.2) is 0 Å². The smallest absolute Gasteiger partial charge is 0.278 e. The highest BCUT2D eigenvalue weighted by Crippen LogP contribution is 2.27. The topological polar surface area (TPSA) is 53.4 Å². The largest absolute Gasteiger partial charge is 0.361 e. The Morgan fingerprint density at radius 3 is 2.66 bits per heavy atom. The zero-order chi connectivity index (χ0) is 23.9. The number of nitrogens with one attached hydrogen (secondary N) is 1. The van der Waals surface area contributed by atoms with Gasteiger partial charge in [-0.25, -0.2) is 9.38 Å². The van der Waals surface area contributed by atoms with Crippen LogP contribution in [0.4, 0.5) is 4.39 Å². The van der Waals surface area contributed by atoms with E-state index in [9.17, 15) is 9.18 Å². The molecule has 0 saturated heterocycles. The van der Waals surface area contributed by atoms with Gasteiger partial charge in [-0.15, -0.1) is 0 Å². The van der Waals surface area contributed by atoms with E-state index < -0.39 is 0 Å². The fourth-order valence-electron chi connectivity index (χ4n) is 4.80. The molecule has 0 unspecified atom stereocenters. The molecule has 1 aliphatic rings. The van der Waals surface area contributed by atoms with Gasteiger partial charge in [-0.1, -0.05) is 48.5 Å². The number of aromatic amines is 1. The second-order valence-electron chi connectivity index (χ2n) is 8.75. The van der Waals surface area contributed by atoms with Crippen LogP contribution in [0.3, 0.4) is 0 Å². The normalized spacial score (nSPS) is 15.0. The van der Waals surface area contributed by atoms with Crippen molar-refractivity contribution in [2.45, 2.75) is 6.42 Å². The predicted molar refractivity (Wildman–Crippen MR) is 138 cm³/mol. The molecule has 0 spiro atoms. The van der Waals surface area contributed by atoms with Crippen molar-refractivity contribution in [3.05, 3.63) is 113 Å². The number of nitrogens with zero attached hydrogens (tertiary/aromatic N) is 3. The van der Waals surface area contributed by atoms with Gasteiger partial charge in [0.05, 0.1) is 0 Å². The van der Waals surface area contributed by atoms with Crippen molar-refractivity contribution in [1.82, 2.24) is 14.5 Å². The van der Waals surface area contributed by atoms with Crippen LogP contribution in [-0.2, 0) is 18.3 Å². The molecule has 5 aromatic rings. The molecular formula is C29H23FN4O. The number of fused-ring (bicyclic) bond motifs is 2. The summed E-state index contributed by atoms with van der Waals surface area (Å²) in [7, 11) is 2.00. The van der Waals surface area contributed by atoms with E-state index in [2.05, 4.69) is 21.7 Å². The summed E-state index contributed by atoms with van der Waals surface area (Å²) in [4.78, 5) is 23.3. The molecule has 0 bridgehead atoms. The van der Waals surface area contributed by atoms with Crippen LogP contribution < -0.4 is 0 Å². The van der Waals surface area contributed by atoms with Crippen LogP contribution >= 0.6 is 0 Å². The van der Waals surface area contributed by atoms with Crippen LogP contribution in [0.2, 0.25) is 0 Å². The highest BCUT2D eigenvalue weighted by atomic mass is 19.1. The summed E-state index contributed by atoms with van der Waals surface area (Å²) >= 11 is 0. The maximum Gasteiger partial charge on any atom is 0.278 e. The predicted octanol–water partition coefficient (Wildman–Crippen LogP) is 5.67. The minimum atomic E-state index is -0.276. The summed E-state index contributed by atoms with van der Waals surface area (Å²) in [5.74, 6) is 0.248. The maximum absolute atomic E-state index is 13.6. The van der Waals surface area contributed by atoms with Crippen LogP contribution in [0.5, 0.6) is 0 Å². The zero-order valence-electron chi connectivity index (χ0n) is 19.2. The van der Waals surface area contributed by atoms with Gasteiger partial charge in [0.2, 0.25) is 0 Å². The molecule has 1 aliphatic heterocycles. The minimum Gasteiger partial charge on any atom is -0.361 e. The first-order chi connectivity index (χ1) is 17.1. The number of carbonyl (C=O) groups excluding carboxylic acids is 1. The Balaban J connectivity index is 1.36. The molecule has 1 amide bonds. The molecule has 6 heteroatoms. The third-order valence-electron chi connectivity index (χ3n) is 6.53. The van der Waals surface area contributed by atoms with E-state index >= 15 is 0 Å². The molecule has 0 fully saturated rings. The Kier molecular flexibility index (Phi) is 5.07. The molecule has 0 atom stereocenters. The number of aromatic nitrogens is 2. The monoisotopic (exact) mass is 462 g/mol. The highest BCUT2D eigenvalue weighted by molar-refractivity contribution is 6.20. The maximum atomic E-state index is 13.6. The lowest BCUT2D eigenvalue weighted by molar-refractivity contribution is -0.122. The van der Waals surface area contributed by atoms with Gasteiger partial charge >= 0.3 is 0 Å². The molecule has 0 radical (unpaired) electrons. The number of aryl methyl sites for hydroxylation is 1. The average Bonchev–Trinajstić information content (AvgIpc) is 3.52. The second kappa shape index (κ2) is 8.40. The zero-order valence-corrected chi connectivity index (χ0v) is 19.2. The standard InChI is InChI=1S/C29H23FN4O/c1-33-18-21(24-9-5-6-10-27(24)33)15-26-29(35)34(28(32-26)19-7-3-2-4-8-19)14-13-20-17-31-25-16-22(30)11-12-23(20)25/h2-12,15-18,31H,13-14H2,1H3/b26-15-. The number of amidine groups is 1. The van der Waals surface area contributed by atoms with Gasteiger partial charge in [-0.2, -0.15) is 0 Å². The molecular weight excluding hydrogens is 439 g/mol. The third kappa shape index (κ3) is 3.73. The average molecular weight is 463 g/mol. The fraction of sp³-hybridized carbons (Fsp3) is 0.103. The molecule has 5 nitrogen and oxygen atoms in total. The number of hydrogen-bond acceptors (Lipinski definition) is 2. The number of H-pyrrole nitrogens is 1. The van der Waals surface area contributed by atoms with E-state index in [1.807, 2.05) is 68.0 Å². The Morgan fingerprint density at radius 1 is 1.00 bits per heavy atom. The molecule has 3 heterocycles. The van der Waals surface area contributed by atoms with Gasteiger partial charge in [0.1, 0.15) is 17.3 Å². The lowest BCUT2D eigenvalue weighted by Crippen LogP contribution is -2.34. The van der Waals surface area contributed by atoms with Crippen LogP contribution in [0.1, 0.15) is 16.7 Å². The van der Waals surface area contributed by atoms with Crippen molar-refractivity contribution in [2.24, 2.45) is 12.0 Å².